The van der Waals surface area contributed by atoms with Crippen LogP contribution in [0.25, 0.3) is 5.69 Å². The van der Waals surface area contributed by atoms with Crippen molar-refractivity contribution >= 4 is 28.1 Å². The van der Waals surface area contributed by atoms with Crippen molar-refractivity contribution in [1.82, 2.24) is 14.8 Å². The van der Waals surface area contributed by atoms with Crippen molar-refractivity contribution in [2.45, 2.75) is 6.61 Å². The van der Waals surface area contributed by atoms with Crippen LogP contribution in [0.5, 0.6) is 0 Å². The molecule has 1 heterocycles. The van der Waals surface area contributed by atoms with Gasteiger partial charge in [0.25, 0.3) is 0 Å². The summed E-state index contributed by atoms with van der Waals surface area (Å²) in [6.07, 6.45) is 0. The zero-order valence-corrected chi connectivity index (χ0v) is 10.6. The summed E-state index contributed by atoms with van der Waals surface area (Å²) in [7, 11) is 0. The van der Waals surface area contributed by atoms with E-state index in [9.17, 15) is 8.78 Å². The molecule has 2 rings (SSSR count). The largest absolute Gasteiger partial charge is 0.388 e. The van der Waals surface area contributed by atoms with Crippen molar-refractivity contribution in [3.8, 4) is 5.69 Å². The van der Waals surface area contributed by atoms with Gasteiger partial charge in [0.05, 0.1) is 10.2 Å². The summed E-state index contributed by atoms with van der Waals surface area (Å²) in [5, 5.41) is 15.2. The standard InChI is InChI=1S/C9H6BrF2N3OS/c10-4-1-7(6(12)2-5(4)11)15-8(3-16)13-14-9(15)17/h1-2,16H,3H2,(H,14,17). The Morgan fingerprint density at radius 1 is 1.41 bits per heavy atom. The molecule has 0 bridgehead atoms. The topological polar surface area (TPSA) is 53.8 Å². The Labute approximate surface area is 108 Å². The normalized spacial score (nSPS) is 10.8. The molecule has 2 N–H and O–H groups in total. The maximum Gasteiger partial charge on any atom is 0.200 e. The first-order valence-corrected chi connectivity index (χ1v) is 5.66. The van der Waals surface area contributed by atoms with Gasteiger partial charge in [-0.2, -0.15) is 5.10 Å². The minimum atomic E-state index is -0.794. The molecule has 0 unspecified atom stereocenters. The SMILES string of the molecule is OCc1n[nH]c(=S)n1-c1cc(Br)c(F)cc1F. The summed E-state index contributed by atoms with van der Waals surface area (Å²) < 4.78 is 28.1. The van der Waals surface area contributed by atoms with E-state index in [1.165, 1.54) is 10.6 Å². The average molecular weight is 322 g/mol. The van der Waals surface area contributed by atoms with Crippen LogP contribution in [0.2, 0.25) is 0 Å². The molecule has 0 radical (unpaired) electrons. The Hall–Kier alpha value is -1.12. The molecule has 0 saturated carbocycles. The van der Waals surface area contributed by atoms with Crippen LogP contribution in [0.3, 0.4) is 0 Å². The Bertz CT molecular complexity index is 625. The van der Waals surface area contributed by atoms with Crippen molar-refractivity contribution in [3.05, 3.63) is 38.8 Å². The lowest BCUT2D eigenvalue weighted by Crippen LogP contribution is -2.04. The maximum atomic E-state index is 13.6. The molecular formula is C9H6BrF2N3OS. The number of aromatic amines is 1. The second-order valence-corrected chi connectivity index (χ2v) is 4.40. The van der Waals surface area contributed by atoms with E-state index in [1.807, 2.05) is 0 Å². The molecule has 0 atom stereocenters. The van der Waals surface area contributed by atoms with Gasteiger partial charge in [-0.25, -0.2) is 8.78 Å². The predicted molar refractivity (Wildman–Crippen MR) is 62.3 cm³/mol. The van der Waals surface area contributed by atoms with Crippen LogP contribution in [0.4, 0.5) is 8.78 Å². The highest BCUT2D eigenvalue weighted by Gasteiger charge is 2.14. The molecule has 1 aromatic carbocycles. The van der Waals surface area contributed by atoms with Gasteiger partial charge in [0.15, 0.2) is 10.6 Å². The van der Waals surface area contributed by atoms with E-state index in [0.29, 0.717) is 0 Å². The van der Waals surface area contributed by atoms with Crippen LogP contribution in [-0.4, -0.2) is 19.9 Å². The van der Waals surface area contributed by atoms with Crippen LogP contribution in [0.1, 0.15) is 5.82 Å². The Morgan fingerprint density at radius 3 is 2.76 bits per heavy atom. The number of hydrogen-bond donors (Lipinski definition) is 2. The molecule has 17 heavy (non-hydrogen) atoms. The molecule has 90 valence electrons. The van der Waals surface area contributed by atoms with Gasteiger partial charge in [-0.1, -0.05) is 0 Å². The zero-order chi connectivity index (χ0) is 12.6. The summed E-state index contributed by atoms with van der Waals surface area (Å²) >= 11 is 7.87. The molecule has 0 aliphatic carbocycles. The minimum Gasteiger partial charge on any atom is -0.388 e. The van der Waals surface area contributed by atoms with Crippen molar-refractivity contribution in [1.29, 1.82) is 0 Å². The summed E-state index contributed by atoms with van der Waals surface area (Å²) in [6, 6.07) is 1.96. The van der Waals surface area contributed by atoms with Crippen LogP contribution < -0.4 is 0 Å². The molecular weight excluding hydrogens is 316 g/mol. The maximum absolute atomic E-state index is 13.6. The molecule has 0 amide bonds. The number of nitrogens with one attached hydrogen (secondary N) is 1. The van der Waals surface area contributed by atoms with Crippen molar-refractivity contribution in [2.24, 2.45) is 0 Å². The summed E-state index contributed by atoms with van der Waals surface area (Å²) in [6.45, 7) is -0.415. The molecule has 4 nitrogen and oxygen atoms in total. The Morgan fingerprint density at radius 2 is 2.12 bits per heavy atom. The highest BCUT2D eigenvalue weighted by molar-refractivity contribution is 9.10. The third kappa shape index (κ3) is 2.15. The summed E-state index contributed by atoms with van der Waals surface area (Å²) in [4.78, 5) is 0. The van der Waals surface area contributed by atoms with Crippen molar-refractivity contribution in [2.75, 3.05) is 0 Å². The van der Waals surface area contributed by atoms with Gasteiger partial charge in [-0.05, 0) is 34.2 Å². The van der Waals surface area contributed by atoms with E-state index in [2.05, 4.69) is 26.1 Å². The van der Waals surface area contributed by atoms with Gasteiger partial charge in [-0.15, -0.1) is 0 Å². The summed E-state index contributed by atoms with van der Waals surface area (Å²) in [5.74, 6) is -1.36. The second-order valence-electron chi connectivity index (χ2n) is 3.16. The van der Waals surface area contributed by atoms with Gasteiger partial charge in [0.2, 0.25) is 0 Å². The zero-order valence-electron chi connectivity index (χ0n) is 8.25. The number of halogens is 3. The fourth-order valence-corrected chi connectivity index (χ4v) is 1.95. The molecule has 8 heteroatoms. The first-order valence-electron chi connectivity index (χ1n) is 4.46. The third-order valence-corrected chi connectivity index (χ3v) is 3.00. The number of benzene rings is 1. The highest BCUT2D eigenvalue weighted by atomic mass is 79.9. The smallest absolute Gasteiger partial charge is 0.200 e. The molecule has 0 fully saturated rings. The van der Waals surface area contributed by atoms with E-state index < -0.39 is 18.2 Å². The Kier molecular flexibility index (Phi) is 3.36. The number of hydrogen-bond acceptors (Lipinski definition) is 3. The van der Waals surface area contributed by atoms with E-state index >= 15 is 0 Å². The number of H-pyrrole nitrogens is 1. The van der Waals surface area contributed by atoms with Gasteiger partial charge < -0.3 is 5.11 Å². The molecule has 0 aliphatic rings. The molecule has 2 aromatic rings. The predicted octanol–water partition coefficient (Wildman–Crippen LogP) is 2.46. The highest BCUT2D eigenvalue weighted by Crippen LogP contribution is 2.23. The molecule has 0 aliphatic heterocycles. The fraction of sp³-hybridized carbons (Fsp3) is 0.111. The first kappa shape index (κ1) is 12.3. The Balaban J connectivity index is 2.72. The fourth-order valence-electron chi connectivity index (χ4n) is 1.37. The number of aliphatic hydroxyl groups excluding tert-OH is 1. The third-order valence-electron chi connectivity index (χ3n) is 2.11. The molecule has 1 aromatic heterocycles. The lowest BCUT2D eigenvalue weighted by atomic mass is 10.3. The van der Waals surface area contributed by atoms with Gasteiger partial charge in [0, 0.05) is 6.07 Å². The number of aliphatic hydroxyl groups is 1. The first-order chi connectivity index (χ1) is 8.04. The minimum absolute atomic E-state index is 0.0149. The lowest BCUT2D eigenvalue weighted by Gasteiger charge is -2.07. The van der Waals surface area contributed by atoms with E-state index in [1.54, 1.807) is 0 Å². The van der Waals surface area contributed by atoms with E-state index in [4.69, 9.17) is 17.3 Å². The van der Waals surface area contributed by atoms with Crippen LogP contribution in [-0.2, 0) is 6.61 Å². The van der Waals surface area contributed by atoms with Gasteiger partial charge in [-0.3, -0.25) is 9.67 Å². The van der Waals surface area contributed by atoms with Crippen LogP contribution in [0, 0.1) is 16.4 Å². The summed E-state index contributed by atoms with van der Waals surface area (Å²) in [5.41, 5.74) is 0.0149. The lowest BCUT2D eigenvalue weighted by molar-refractivity contribution is 0.268. The van der Waals surface area contributed by atoms with Gasteiger partial charge in [0.1, 0.15) is 18.2 Å². The van der Waals surface area contributed by atoms with Crippen LogP contribution >= 0.6 is 28.1 Å². The average Bonchev–Trinajstić information content (AvgIpc) is 2.65. The number of rotatable bonds is 2. The van der Waals surface area contributed by atoms with E-state index in [-0.39, 0.29) is 20.8 Å². The number of aromatic nitrogens is 3. The van der Waals surface area contributed by atoms with E-state index in [0.717, 1.165) is 6.07 Å². The quantitative estimate of drug-likeness (QED) is 0.660. The van der Waals surface area contributed by atoms with Gasteiger partial charge >= 0.3 is 0 Å². The second kappa shape index (κ2) is 4.63. The van der Waals surface area contributed by atoms with Crippen molar-refractivity contribution < 1.29 is 13.9 Å². The van der Waals surface area contributed by atoms with Crippen LogP contribution in [0.15, 0.2) is 16.6 Å². The molecule has 0 spiro atoms. The van der Waals surface area contributed by atoms with Crippen molar-refractivity contribution in [3.63, 3.8) is 0 Å². The molecule has 0 saturated heterocycles. The number of nitrogens with zero attached hydrogens (tertiary/aromatic N) is 2. The monoisotopic (exact) mass is 321 g/mol.